The summed E-state index contributed by atoms with van der Waals surface area (Å²) in [6, 6.07) is 13.5. The molecule has 0 fully saturated rings. The van der Waals surface area contributed by atoms with E-state index in [2.05, 4.69) is 22.1 Å². The van der Waals surface area contributed by atoms with Gasteiger partial charge in [0.15, 0.2) is 0 Å². The second-order valence-corrected chi connectivity index (χ2v) is 3.85. The van der Waals surface area contributed by atoms with Crippen molar-refractivity contribution in [3.05, 3.63) is 47.8 Å². The minimum atomic E-state index is 0.427. The molecular weight excluding hydrogens is 224 g/mol. The maximum Gasteiger partial charge on any atom is 0.117 e. The number of hydrogen-bond acceptors (Lipinski definition) is 4. The summed E-state index contributed by atoms with van der Waals surface area (Å²) in [5.74, 6) is 0. The largest absolute Gasteiger partial charge is 0.233 e. The summed E-state index contributed by atoms with van der Waals surface area (Å²) < 4.78 is 0. The van der Waals surface area contributed by atoms with Gasteiger partial charge in [0.25, 0.3) is 0 Å². The SMILES string of the molecule is N#Cc1cc2cccc-2cc(C#N)c2ncnc1-2. The van der Waals surface area contributed by atoms with Crippen molar-refractivity contribution in [1.29, 1.82) is 10.5 Å². The van der Waals surface area contributed by atoms with E-state index in [1.807, 2.05) is 18.2 Å². The Hall–Kier alpha value is -2.98. The summed E-state index contributed by atoms with van der Waals surface area (Å²) >= 11 is 0. The van der Waals surface area contributed by atoms with Crippen LogP contribution in [-0.4, -0.2) is 9.97 Å². The van der Waals surface area contributed by atoms with Crippen molar-refractivity contribution in [3.63, 3.8) is 0 Å². The Morgan fingerprint density at radius 2 is 1.33 bits per heavy atom. The van der Waals surface area contributed by atoms with Crippen LogP contribution in [0.25, 0.3) is 22.5 Å². The van der Waals surface area contributed by atoms with Gasteiger partial charge in [0.05, 0.1) is 11.1 Å². The quantitative estimate of drug-likeness (QED) is 0.594. The Bertz CT molecular complexity index is 702. The van der Waals surface area contributed by atoms with Crippen molar-refractivity contribution < 1.29 is 0 Å². The first-order valence-electron chi connectivity index (χ1n) is 5.31. The molecule has 0 aromatic rings. The average molecular weight is 230 g/mol. The molecule has 3 rings (SSSR count). The molecule has 82 valence electrons. The fourth-order valence-electron chi connectivity index (χ4n) is 1.99. The number of fused-ring (bicyclic) bond motifs is 2. The molecule has 3 aliphatic rings. The number of rotatable bonds is 0. The number of hydrogen-bond donors (Lipinski definition) is 0. The molecule has 1 aliphatic heterocycles. The van der Waals surface area contributed by atoms with Gasteiger partial charge in [-0.2, -0.15) is 10.5 Å². The first-order valence-corrected chi connectivity index (χ1v) is 5.31. The van der Waals surface area contributed by atoms with E-state index in [0.29, 0.717) is 22.5 Å². The topological polar surface area (TPSA) is 73.4 Å². The van der Waals surface area contributed by atoms with Gasteiger partial charge in [0.1, 0.15) is 29.9 Å². The van der Waals surface area contributed by atoms with Crippen LogP contribution in [0.5, 0.6) is 0 Å². The van der Waals surface area contributed by atoms with Gasteiger partial charge in [-0.3, -0.25) is 0 Å². The zero-order valence-corrected chi connectivity index (χ0v) is 9.25. The fraction of sp³-hybridized carbons (Fsp3) is 0. The highest BCUT2D eigenvalue weighted by Crippen LogP contribution is 2.30. The second kappa shape index (κ2) is 3.80. The molecule has 2 aliphatic carbocycles. The van der Waals surface area contributed by atoms with Gasteiger partial charge in [-0.05, 0) is 23.3 Å². The highest BCUT2D eigenvalue weighted by molar-refractivity contribution is 5.77. The molecule has 0 radical (unpaired) electrons. The van der Waals surface area contributed by atoms with Crippen LogP contribution in [0.1, 0.15) is 11.1 Å². The average Bonchev–Trinajstić information content (AvgIpc) is 2.99. The van der Waals surface area contributed by atoms with Crippen LogP contribution in [0.3, 0.4) is 0 Å². The molecule has 0 unspecified atom stereocenters. The van der Waals surface area contributed by atoms with Crippen LogP contribution in [0.2, 0.25) is 0 Å². The van der Waals surface area contributed by atoms with E-state index in [1.54, 1.807) is 12.1 Å². The van der Waals surface area contributed by atoms with E-state index >= 15 is 0 Å². The first kappa shape index (κ1) is 10.2. The molecule has 18 heavy (non-hydrogen) atoms. The lowest BCUT2D eigenvalue weighted by atomic mass is 10.0. The van der Waals surface area contributed by atoms with Crippen molar-refractivity contribution >= 4 is 0 Å². The summed E-state index contributed by atoms with van der Waals surface area (Å²) in [5.41, 5.74) is 3.61. The summed E-state index contributed by atoms with van der Waals surface area (Å²) in [4.78, 5) is 8.14. The Kier molecular flexibility index (Phi) is 2.15. The van der Waals surface area contributed by atoms with E-state index < -0.39 is 0 Å². The summed E-state index contributed by atoms with van der Waals surface area (Å²) in [7, 11) is 0. The van der Waals surface area contributed by atoms with E-state index in [-0.39, 0.29) is 0 Å². The van der Waals surface area contributed by atoms with Gasteiger partial charge in [-0.1, -0.05) is 18.2 Å². The molecule has 0 amide bonds. The highest BCUT2D eigenvalue weighted by atomic mass is 14.9. The predicted molar refractivity (Wildman–Crippen MR) is 64.7 cm³/mol. The van der Waals surface area contributed by atoms with Gasteiger partial charge >= 0.3 is 0 Å². The monoisotopic (exact) mass is 230 g/mol. The number of imidazole rings is 1. The molecule has 0 bridgehead atoms. The highest BCUT2D eigenvalue weighted by Gasteiger charge is 2.16. The maximum absolute atomic E-state index is 9.21. The molecule has 0 aromatic heterocycles. The summed E-state index contributed by atoms with van der Waals surface area (Å²) in [6.07, 6.45) is 1.37. The second-order valence-electron chi connectivity index (χ2n) is 3.85. The molecule has 0 saturated carbocycles. The third kappa shape index (κ3) is 1.37. The minimum absolute atomic E-state index is 0.427. The third-order valence-electron chi connectivity index (χ3n) is 2.83. The lowest BCUT2D eigenvalue weighted by Crippen LogP contribution is -1.89. The van der Waals surface area contributed by atoms with Crippen LogP contribution < -0.4 is 0 Å². The van der Waals surface area contributed by atoms with Crippen LogP contribution in [0, 0.1) is 22.7 Å². The Balaban J connectivity index is 2.49. The van der Waals surface area contributed by atoms with E-state index in [0.717, 1.165) is 11.1 Å². The molecule has 1 heterocycles. The first-order chi connectivity index (χ1) is 8.83. The summed E-state index contributed by atoms with van der Waals surface area (Å²) in [5, 5.41) is 18.4. The maximum atomic E-state index is 9.21. The smallest absolute Gasteiger partial charge is 0.117 e. The lowest BCUT2D eigenvalue weighted by Gasteiger charge is -2.01. The third-order valence-corrected chi connectivity index (χ3v) is 2.83. The molecule has 0 saturated heterocycles. The van der Waals surface area contributed by atoms with Crippen molar-refractivity contribution in [3.8, 4) is 34.7 Å². The van der Waals surface area contributed by atoms with Crippen molar-refractivity contribution in [2.24, 2.45) is 0 Å². The van der Waals surface area contributed by atoms with Gasteiger partial charge < -0.3 is 0 Å². The van der Waals surface area contributed by atoms with Gasteiger partial charge in [-0.15, -0.1) is 0 Å². The zero-order valence-electron chi connectivity index (χ0n) is 9.25. The predicted octanol–water partition coefficient (Wildman–Crippen LogP) is 2.43. The van der Waals surface area contributed by atoms with E-state index in [4.69, 9.17) is 0 Å². The van der Waals surface area contributed by atoms with Crippen molar-refractivity contribution in [2.75, 3.05) is 0 Å². The zero-order chi connectivity index (χ0) is 12.5. The fourth-order valence-corrected chi connectivity index (χ4v) is 1.99. The number of nitrogens with zero attached hydrogens (tertiary/aromatic N) is 4. The van der Waals surface area contributed by atoms with Crippen molar-refractivity contribution in [1.82, 2.24) is 9.97 Å². The Morgan fingerprint density at radius 3 is 1.78 bits per heavy atom. The molecule has 0 aromatic carbocycles. The standard InChI is InChI=1S/C14H6N4/c15-6-11-4-9-2-1-3-10(9)5-12(7-16)14-13(11)17-8-18-14/h1-5,8H. The minimum Gasteiger partial charge on any atom is -0.233 e. The molecule has 0 atom stereocenters. The Morgan fingerprint density at radius 1 is 0.833 bits per heavy atom. The molecule has 0 N–H and O–H groups in total. The van der Waals surface area contributed by atoms with Gasteiger partial charge in [-0.25, -0.2) is 9.97 Å². The van der Waals surface area contributed by atoms with E-state index in [1.165, 1.54) is 6.33 Å². The normalized spacial score (nSPS) is 10.1. The molecule has 0 spiro atoms. The Labute approximate surface area is 103 Å². The van der Waals surface area contributed by atoms with Gasteiger partial charge in [0, 0.05) is 0 Å². The van der Waals surface area contributed by atoms with Gasteiger partial charge in [0.2, 0.25) is 0 Å². The van der Waals surface area contributed by atoms with Crippen LogP contribution in [0.4, 0.5) is 0 Å². The number of aromatic nitrogens is 2. The van der Waals surface area contributed by atoms with Crippen molar-refractivity contribution in [2.45, 2.75) is 0 Å². The molecule has 4 nitrogen and oxygen atoms in total. The number of nitriles is 2. The van der Waals surface area contributed by atoms with Crippen LogP contribution in [-0.2, 0) is 0 Å². The van der Waals surface area contributed by atoms with Crippen LogP contribution in [0.15, 0.2) is 36.7 Å². The molecule has 4 heteroatoms. The summed E-state index contributed by atoms with van der Waals surface area (Å²) in [6.45, 7) is 0. The van der Waals surface area contributed by atoms with E-state index in [9.17, 15) is 10.5 Å². The lowest BCUT2D eigenvalue weighted by molar-refractivity contribution is 1.33. The molecular formula is C14H6N4. The van der Waals surface area contributed by atoms with Crippen LogP contribution >= 0.6 is 0 Å².